The molecule has 1 aromatic heterocycles. The number of nitrogens with one attached hydrogen (secondary N) is 2. The average Bonchev–Trinajstić information content (AvgIpc) is 3.15. The van der Waals surface area contributed by atoms with Crippen molar-refractivity contribution in [2.75, 3.05) is 13.1 Å². The van der Waals surface area contributed by atoms with Gasteiger partial charge in [0.05, 0.1) is 5.56 Å². The maximum atomic E-state index is 12.9. The van der Waals surface area contributed by atoms with E-state index >= 15 is 0 Å². The first-order valence-corrected chi connectivity index (χ1v) is 9.89. The molecule has 25 heavy (non-hydrogen) atoms. The predicted molar refractivity (Wildman–Crippen MR) is 94.7 cm³/mol. The highest BCUT2D eigenvalue weighted by molar-refractivity contribution is 7.10. The van der Waals surface area contributed by atoms with Crippen molar-refractivity contribution < 1.29 is 14.4 Å². The topological polar surface area (TPSA) is 78.5 Å². The molecule has 1 aromatic rings. The van der Waals surface area contributed by atoms with Gasteiger partial charge in [0.2, 0.25) is 0 Å². The van der Waals surface area contributed by atoms with E-state index in [1.807, 2.05) is 10.3 Å². The summed E-state index contributed by atoms with van der Waals surface area (Å²) in [5.41, 5.74) is 1.29. The quantitative estimate of drug-likeness (QED) is 0.792. The van der Waals surface area contributed by atoms with Gasteiger partial charge in [0.15, 0.2) is 0 Å². The molecule has 0 bridgehead atoms. The Kier molecular flexibility index (Phi) is 4.06. The Morgan fingerprint density at radius 2 is 1.96 bits per heavy atom. The van der Waals surface area contributed by atoms with Gasteiger partial charge in [-0.1, -0.05) is 0 Å². The Bertz CT molecular complexity index is 736. The zero-order chi connectivity index (χ0) is 17.6. The molecular weight excluding hydrogens is 338 g/mol. The Labute approximate surface area is 151 Å². The van der Waals surface area contributed by atoms with E-state index in [9.17, 15) is 14.4 Å². The first-order valence-electron chi connectivity index (χ1n) is 9.01. The largest absolute Gasteiger partial charge is 0.339 e. The number of hydrogen-bond donors (Lipinski definition) is 2. The fourth-order valence-corrected chi connectivity index (χ4v) is 5.47. The predicted octanol–water partition coefficient (Wildman–Crippen LogP) is 2.08. The van der Waals surface area contributed by atoms with Crippen LogP contribution in [0.25, 0.3) is 0 Å². The number of nitrogens with zero attached hydrogens (tertiary/aromatic N) is 1. The number of urea groups is 1. The molecule has 6 nitrogen and oxygen atoms in total. The van der Waals surface area contributed by atoms with Crippen molar-refractivity contribution in [1.82, 2.24) is 15.5 Å². The standard InChI is InChI=1S/C18H23N3O3S/c1-18(16(23)19-17(24)20-18)11-6-8-21(9-7-11)15(22)13-10-25-14-5-3-2-4-12(13)14/h10-11H,2-9H2,1H3,(H2,19,20,23,24). The summed E-state index contributed by atoms with van der Waals surface area (Å²) < 4.78 is 0. The monoisotopic (exact) mass is 361 g/mol. The van der Waals surface area contributed by atoms with E-state index < -0.39 is 11.6 Å². The molecule has 4 amide bonds. The molecule has 0 spiro atoms. The van der Waals surface area contributed by atoms with E-state index in [2.05, 4.69) is 10.6 Å². The molecule has 0 radical (unpaired) electrons. The van der Waals surface area contributed by atoms with Crippen LogP contribution in [0.15, 0.2) is 5.38 Å². The first-order chi connectivity index (χ1) is 12.0. The molecule has 2 N–H and O–H groups in total. The second-order valence-corrected chi connectivity index (χ2v) is 8.40. The number of aryl methyl sites for hydroxylation is 1. The van der Waals surface area contributed by atoms with Crippen molar-refractivity contribution in [2.24, 2.45) is 5.92 Å². The molecule has 3 aliphatic rings. The van der Waals surface area contributed by atoms with Gasteiger partial charge in [-0.05, 0) is 56.9 Å². The summed E-state index contributed by atoms with van der Waals surface area (Å²) in [6, 6.07) is -0.420. The van der Waals surface area contributed by atoms with Gasteiger partial charge < -0.3 is 10.2 Å². The normalized spacial score (nSPS) is 27.0. The number of carbonyl (C=O) groups excluding carboxylic acids is 3. The SMILES string of the molecule is CC1(C2CCN(C(=O)c3csc4c3CCCC4)CC2)NC(=O)NC1=O. The van der Waals surface area contributed by atoms with E-state index in [-0.39, 0.29) is 17.7 Å². The van der Waals surface area contributed by atoms with E-state index in [1.165, 1.54) is 23.3 Å². The van der Waals surface area contributed by atoms with E-state index in [1.54, 1.807) is 18.3 Å². The number of carbonyl (C=O) groups is 3. The number of piperidine rings is 1. The number of fused-ring (bicyclic) bond motifs is 1. The van der Waals surface area contributed by atoms with Crippen molar-refractivity contribution in [3.8, 4) is 0 Å². The first kappa shape index (κ1) is 16.6. The minimum absolute atomic E-state index is 0.0550. The minimum Gasteiger partial charge on any atom is -0.339 e. The van der Waals surface area contributed by atoms with E-state index in [4.69, 9.17) is 0 Å². The highest BCUT2D eigenvalue weighted by Gasteiger charge is 2.48. The number of thiophene rings is 1. The molecule has 2 saturated heterocycles. The van der Waals surface area contributed by atoms with Crippen LogP contribution in [0.1, 0.15) is 53.4 Å². The molecule has 1 aliphatic carbocycles. The maximum Gasteiger partial charge on any atom is 0.322 e. The van der Waals surface area contributed by atoms with Crippen LogP contribution < -0.4 is 10.6 Å². The lowest BCUT2D eigenvalue weighted by molar-refractivity contribution is -0.125. The Hall–Kier alpha value is -1.89. The number of rotatable bonds is 2. The van der Waals surface area contributed by atoms with Crippen LogP contribution in [-0.4, -0.2) is 41.4 Å². The van der Waals surface area contributed by atoms with Crippen LogP contribution in [0.3, 0.4) is 0 Å². The molecule has 7 heteroatoms. The Morgan fingerprint density at radius 3 is 2.64 bits per heavy atom. The van der Waals surface area contributed by atoms with Gasteiger partial charge in [0.1, 0.15) is 5.54 Å². The second-order valence-electron chi connectivity index (χ2n) is 7.44. The molecule has 0 saturated carbocycles. The molecule has 0 aromatic carbocycles. The maximum absolute atomic E-state index is 12.9. The van der Waals surface area contributed by atoms with Gasteiger partial charge in [0.25, 0.3) is 11.8 Å². The second kappa shape index (κ2) is 6.12. The van der Waals surface area contributed by atoms with Crippen LogP contribution >= 0.6 is 11.3 Å². The third-order valence-corrected chi connectivity index (χ3v) is 7.05. The lowest BCUT2D eigenvalue weighted by Crippen LogP contribution is -2.54. The number of hydrogen-bond acceptors (Lipinski definition) is 4. The summed E-state index contributed by atoms with van der Waals surface area (Å²) in [7, 11) is 0. The molecule has 1 unspecified atom stereocenters. The molecule has 2 aliphatic heterocycles. The number of amides is 4. The van der Waals surface area contributed by atoms with E-state index in [0.717, 1.165) is 31.2 Å². The molecular formula is C18H23N3O3S. The van der Waals surface area contributed by atoms with Crippen molar-refractivity contribution in [3.63, 3.8) is 0 Å². The zero-order valence-corrected chi connectivity index (χ0v) is 15.2. The van der Waals surface area contributed by atoms with Gasteiger partial charge in [-0.3, -0.25) is 14.9 Å². The summed E-state index contributed by atoms with van der Waals surface area (Å²) in [5, 5.41) is 7.11. The summed E-state index contributed by atoms with van der Waals surface area (Å²) in [6.07, 6.45) is 5.95. The summed E-state index contributed by atoms with van der Waals surface area (Å²) in [5.74, 6) is -0.0727. The number of likely N-dealkylation sites (tertiary alicyclic amines) is 1. The van der Waals surface area contributed by atoms with Crippen LogP contribution in [0.4, 0.5) is 4.79 Å². The summed E-state index contributed by atoms with van der Waals surface area (Å²) in [4.78, 5) is 39.8. The highest BCUT2D eigenvalue weighted by Crippen LogP contribution is 2.34. The van der Waals surface area contributed by atoms with Crippen molar-refractivity contribution in [3.05, 3.63) is 21.4 Å². The molecule has 4 rings (SSSR count). The lowest BCUT2D eigenvalue weighted by atomic mass is 9.79. The summed E-state index contributed by atoms with van der Waals surface area (Å²) >= 11 is 1.72. The highest BCUT2D eigenvalue weighted by atomic mass is 32.1. The van der Waals surface area contributed by atoms with Gasteiger partial charge in [-0.2, -0.15) is 0 Å². The summed E-state index contributed by atoms with van der Waals surface area (Å²) in [6.45, 7) is 3.05. The minimum atomic E-state index is -0.853. The van der Waals surface area contributed by atoms with Gasteiger partial charge in [-0.25, -0.2) is 4.79 Å². The average molecular weight is 361 g/mol. The van der Waals surface area contributed by atoms with Gasteiger partial charge in [-0.15, -0.1) is 11.3 Å². The Morgan fingerprint density at radius 1 is 1.24 bits per heavy atom. The van der Waals surface area contributed by atoms with E-state index in [0.29, 0.717) is 13.1 Å². The third-order valence-electron chi connectivity index (χ3n) is 5.96. The van der Waals surface area contributed by atoms with Gasteiger partial charge >= 0.3 is 6.03 Å². The molecule has 2 fully saturated rings. The van der Waals surface area contributed by atoms with Crippen LogP contribution in [0.5, 0.6) is 0 Å². The number of imide groups is 1. The lowest BCUT2D eigenvalue weighted by Gasteiger charge is -2.38. The van der Waals surface area contributed by atoms with Gasteiger partial charge in [0, 0.05) is 23.3 Å². The molecule has 3 heterocycles. The fraction of sp³-hybridized carbons (Fsp3) is 0.611. The van der Waals surface area contributed by atoms with Crippen LogP contribution in [0.2, 0.25) is 0 Å². The van der Waals surface area contributed by atoms with Crippen molar-refractivity contribution in [1.29, 1.82) is 0 Å². The van der Waals surface area contributed by atoms with Crippen molar-refractivity contribution >= 4 is 29.2 Å². The van der Waals surface area contributed by atoms with Crippen LogP contribution in [0, 0.1) is 5.92 Å². The fourth-order valence-electron chi connectivity index (χ4n) is 4.35. The zero-order valence-electron chi connectivity index (χ0n) is 14.4. The van der Waals surface area contributed by atoms with Crippen LogP contribution in [-0.2, 0) is 17.6 Å². The smallest absolute Gasteiger partial charge is 0.322 e. The third kappa shape index (κ3) is 2.74. The Balaban J connectivity index is 1.44. The molecule has 1 atom stereocenters. The van der Waals surface area contributed by atoms with Crippen molar-refractivity contribution in [2.45, 2.75) is 51.0 Å². The molecule has 134 valence electrons.